The number of thiazole rings is 1. The van der Waals surface area contributed by atoms with Crippen molar-refractivity contribution in [2.75, 3.05) is 11.0 Å². The van der Waals surface area contributed by atoms with Crippen molar-refractivity contribution in [1.82, 2.24) is 34.8 Å². The summed E-state index contributed by atoms with van der Waals surface area (Å²) in [5.74, 6) is -6.98. The number of pyridine rings is 1. The SMILES string of the molecule is Cn1nc(NS(C)(=O)=O)c2cccc(-c3cc4sc(=O)[nH]c4nc3[C@H](Cc3cc(F)cc(F)c3)NC(=O)Cn3nc(C(F)(F)F)c4c3C(F)(F)C[C@@H]4N)c21. The highest BCUT2D eigenvalue weighted by Crippen LogP contribution is 2.50. The molecule has 1 amide bonds. The number of carbonyl (C=O) groups is 1. The van der Waals surface area contributed by atoms with Gasteiger partial charge in [0.25, 0.3) is 5.92 Å². The van der Waals surface area contributed by atoms with Gasteiger partial charge in [0.15, 0.2) is 17.2 Å². The first-order chi connectivity index (χ1) is 25.2. The van der Waals surface area contributed by atoms with E-state index < -0.39 is 93.0 Å². The van der Waals surface area contributed by atoms with Gasteiger partial charge in [-0.2, -0.15) is 32.1 Å². The molecule has 13 nitrogen and oxygen atoms in total. The Kier molecular flexibility index (Phi) is 8.84. The van der Waals surface area contributed by atoms with Gasteiger partial charge in [0.1, 0.15) is 23.9 Å². The zero-order chi connectivity index (χ0) is 39.1. The molecule has 0 fully saturated rings. The van der Waals surface area contributed by atoms with Crippen LogP contribution in [0, 0.1) is 11.6 Å². The van der Waals surface area contributed by atoms with E-state index in [0.29, 0.717) is 27.2 Å². The molecule has 54 heavy (non-hydrogen) atoms. The quantitative estimate of drug-likeness (QED) is 0.148. The number of sulfonamides is 1. The Bertz CT molecular complexity index is 2650. The third-order valence-corrected chi connectivity index (χ3v) is 10.0. The number of aryl methyl sites for hydroxylation is 1. The average molecular weight is 798 g/mol. The van der Waals surface area contributed by atoms with E-state index in [0.717, 1.165) is 29.7 Å². The second-order valence-corrected chi connectivity index (χ2v) is 15.5. The van der Waals surface area contributed by atoms with Gasteiger partial charge in [-0.15, -0.1) is 0 Å². The molecule has 284 valence electrons. The number of amides is 1. The van der Waals surface area contributed by atoms with E-state index >= 15 is 8.78 Å². The second-order valence-electron chi connectivity index (χ2n) is 12.7. The molecule has 2 aromatic carbocycles. The smallest absolute Gasteiger partial charge is 0.346 e. The lowest BCUT2D eigenvalue weighted by Crippen LogP contribution is -2.35. The van der Waals surface area contributed by atoms with Crippen molar-refractivity contribution < 1.29 is 43.9 Å². The average Bonchev–Trinajstić information content (AvgIpc) is 3.75. The number of hydrogen-bond donors (Lipinski definition) is 4. The van der Waals surface area contributed by atoms with Crippen molar-refractivity contribution in [2.45, 2.75) is 43.6 Å². The Morgan fingerprint density at radius 3 is 2.50 bits per heavy atom. The van der Waals surface area contributed by atoms with E-state index in [1.54, 1.807) is 18.2 Å². The Hall–Kier alpha value is -5.35. The minimum atomic E-state index is -5.18. The topological polar surface area (TPSA) is 183 Å². The molecule has 1 aliphatic carbocycles. The fraction of sp³-hybridized carbons (Fsp3) is 0.281. The predicted molar refractivity (Wildman–Crippen MR) is 182 cm³/mol. The van der Waals surface area contributed by atoms with E-state index in [2.05, 4.69) is 30.2 Å². The zero-order valence-corrected chi connectivity index (χ0v) is 29.4. The summed E-state index contributed by atoms with van der Waals surface area (Å²) >= 11 is 0.784. The van der Waals surface area contributed by atoms with Crippen molar-refractivity contribution in [3.05, 3.63) is 92.0 Å². The van der Waals surface area contributed by atoms with Crippen LogP contribution in [0.1, 0.15) is 46.7 Å². The highest BCUT2D eigenvalue weighted by atomic mass is 32.2. The van der Waals surface area contributed by atoms with Crippen LogP contribution in [-0.2, 0) is 46.9 Å². The van der Waals surface area contributed by atoms with E-state index in [-0.39, 0.29) is 33.0 Å². The molecule has 4 heterocycles. The lowest BCUT2D eigenvalue weighted by Gasteiger charge is -2.23. The molecule has 4 aromatic heterocycles. The molecule has 0 aliphatic heterocycles. The normalized spacial score (nSPS) is 16.2. The van der Waals surface area contributed by atoms with Gasteiger partial charge in [-0.3, -0.25) is 28.7 Å². The molecule has 0 unspecified atom stereocenters. The molecule has 0 radical (unpaired) electrons. The number of H-pyrrole nitrogens is 1. The van der Waals surface area contributed by atoms with Crippen molar-refractivity contribution in [3.63, 3.8) is 0 Å². The number of nitrogens with two attached hydrogens (primary N) is 1. The maximum atomic E-state index is 15.0. The molecule has 1 aliphatic rings. The second kappa shape index (κ2) is 12.9. The molecule has 0 saturated heterocycles. The van der Waals surface area contributed by atoms with Crippen LogP contribution in [-0.4, -0.2) is 50.1 Å². The molecule has 5 N–H and O–H groups in total. The number of nitrogens with zero attached hydrogens (tertiary/aromatic N) is 5. The Morgan fingerprint density at radius 2 is 1.83 bits per heavy atom. The number of rotatable bonds is 9. The van der Waals surface area contributed by atoms with Crippen LogP contribution < -0.4 is 20.6 Å². The van der Waals surface area contributed by atoms with E-state index in [1.165, 1.54) is 17.8 Å². The van der Waals surface area contributed by atoms with Crippen LogP contribution in [0.4, 0.5) is 36.6 Å². The Labute approximate surface area is 303 Å². The number of aromatic nitrogens is 6. The van der Waals surface area contributed by atoms with Gasteiger partial charge in [-0.05, 0) is 36.2 Å². The Morgan fingerprint density at radius 1 is 1.13 bits per heavy atom. The number of carbonyl (C=O) groups excluding carboxylic acids is 1. The number of aromatic amines is 1. The number of benzene rings is 2. The number of halogens is 7. The predicted octanol–water partition coefficient (Wildman–Crippen LogP) is 5.00. The van der Waals surface area contributed by atoms with Gasteiger partial charge in [0, 0.05) is 47.7 Å². The molecule has 22 heteroatoms. The molecule has 0 spiro atoms. The van der Waals surface area contributed by atoms with Crippen LogP contribution in [0.25, 0.3) is 32.4 Å². The summed E-state index contributed by atoms with van der Waals surface area (Å²) in [5, 5.41) is 10.5. The molecule has 2 atom stereocenters. The van der Waals surface area contributed by atoms with E-state index in [9.17, 15) is 40.0 Å². The number of nitrogens with one attached hydrogen (secondary N) is 3. The zero-order valence-electron chi connectivity index (χ0n) is 27.7. The highest BCUT2D eigenvalue weighted by Gasteiger charge is 2.53. The van der Waals surface area contributed by atoms with Crippen LogP contribution >= 0.6 is 11.3 Å². The highest BCUT2D eigenvalue weighted by molar-refractivity contribution is 7.92. The number of fused-ring (bicyclic) bond motifs is 3. The summed E-state index contributed by atoms with van der Waals surface area (Å²) in [7, 11) is -2.27. The van der Waals surface area contributed by atoms with Crippen molar-refractivity contribution in [3.8, 4) is 11.1 Å². The van der Waals surface area contributed by atoms with Crippen LogP contribution in [0.5, 0.6) is 0 Å². The van der Waals surface area contributed by atoms with Crippen LogP contribution in [0.15, 0.2) is 47.3 Å². The summed E-state index contributed by atoms with van der Waals surface area (Å²) in [6, 6.07) is 5.72. The Balaban J connectivity index is 1.39. The number of anilines is 1. The number of hydrogen-bond acceptors (Lipinski definition) is 9. The van der Waals surface area contributed by atoms with Crippen molar-refractivity contribution in [2.24, 2.45) is 12.8 Å². The first-order valence-electron chi connectivity index (χ1n) is 15.7. The third kappa shape index (κ3) is 6.91. The fourth-order valence-electron chi connectivity index (χ4n) is 6.75. The fourth-order valence-corrected chi connectivity index (χ4v) is 7.97. The molecular weight excluding hydrogens is 772 g/mol. The van der Waals surface area contributed by atoms with Gasteiger partial charge in [0.05, 0.1) is 28.2 Å². The van der Waals surface area contributed by atoms with Crippen molar-refractivity contribution in [1.29, 1.82) is 0 Å². The minimum absolute atomic E-state index is 0.0142. The first kappa shape index (κ1) is 37.0. The summed E-state index contributed by atoms with van der Waals surface area (Å²) < 4.78 is 129. The maximum Gasteiger partial charge on any atom is 0.435 e. The summed E-state index contributed by atoms with van der Waals surface area (Å²) in [4.78, 5) is 32.8. The van der Waals surface area contributed by atoms with Crippen LogP contribution in [0.3, 0.4) is 0 Å². The number of alkyl halides is 5. The molecule has 6 aromatic rings. The minimum Gasteiger partial charge on any atom is -0.346 e. The molecule has 7 rings (SSSR count). The lowest BCUT2D eigenvalue weighted by molar-refractivity contribution is -0.142. The van der Waals surface area contributed by atoms with E-state index in [1.807, 2.05) is 0 Å². The third-order valence-electron chi connectivity index (χ3n) is 8.65. The van der Waals surface area contributed by atoms with Gasteiger partial charge < -0.3 is 11.1 Å². The van der Waals surface area contributed by atoms with Crippen molar-refractivity contribution >= 4 is 54.3 Å². The van der Waals surface area contributed by atoms with E-state index in [4.69, 9.17) is 5.73 Å². The molecular formula is C32H26F7N9O4S2. The van der Waals surface area contributed by atoms with Crippen LogP contribution in [0.2, 0.25) is 0 Å². The summed E-state index contributed by atoms with van der Waals surface area (Å²) in [6.07, 6.45) is -5.80. The van der Waals surface area contributed by atoms with Gasteiger partial charge in [-0.25, -0.2) is 22.2 Å². The summed E-state index contributed by atoms with van der Waals surface area (Å²) in [6.45, 7) is -1.15. The largest absolute Gasteiger partial charge is 0.435 e. The number of para-hydroxylation sites is 1. The monoisotopic (exact) mass is 797 g/mol. The molecule has 0 bridgehead atoms. The van der Waals surface area contributed by atoms with Gasteiger partial charge >= 0.3 is 11.0 Å². The first-order valence-corrected chi connectivity index (χ1v) is 18.4. The maximum absolute atomic E-state index is 15.0. The lowest BCUT2D eigenvalue weighted by atomic mass is 9.94. The summed E-state index contributed by atoms with van der Waals surface area (Å²) in [5.41, 5.74) is 2.80. The van der Waals surface area contributed by atoms with Gasteiger partial charge in [-0.1, -0.05) is 23.5 Å². The van der Waals surface area contributed by atoms with Gasteiger partial charge in [0.2, 0.25) is 15.9 Å². The molecule has 0 saturated carbocycles. The standard InChI is InChI=1S/C32H26F7N9O4S2/c1-47-25-16(4-3-5-17(25)28(45-47)46-54(2,51)52)18-10-21-29(43-30(50)53-21)42-24(18)20(8-13-6-14(33)9-15(34)7-13)41-22(49)12-48-27-23(19(40)11-31(27,35)36)26(44-48)32(37,38)39/h3-7,9-10,19-20H,8,11-12,40H2,1-2H3,(H,41,49)(H,45,46)(H,42,43,50)/t19-,20-/m0/s1.